The zero-order valence-corrected chi connectivity index (χ0v) is 14.7. The van der Waals surface area contributed by atoms with Crippen LogP contribution in [0.5, 0.6) is 0 Å². The SMILES string of the molecule is Cc1ccc2c(c1)C=CC1C(C#N)CC(C(=O)c3cccc([N+](=O)[O-])c3)N21. The number of nitrogens with zero attached hydrogens (tertiary/aromatic N) is 3. The molecule has 0 aromatic heterocycles. The fraction of sp³-hybridized carbons (Fsp3) is 0.238. The first-order chi connectivity index (χ1) is 13.0. The Morgan fingerprint density at radius 3 is 2.85 bits per heavy atom. The van der Waals surface area contributed by atoms with Gasteiger partial charge in [-0.3, -0.25) is 14.9 Å². The van der Waals surface area contributed by atoms with Crippen LogP contribution in [0.25, 0.3) is 6.08 Å². The normalized spacial score (nSPS) is 22.7. The van der Waals surface area contributed by atoms with Gasteiger partial charge in [0.1, 0.15) is 0 Å². The van der Waals surface area contributed by atoms with E-state index in [1.54, 1.807) is 6.07 Å². The summed E-state index contributed by atoms with van der Waals surface area (Å²) >= 11 is 0. The van der Waals surface area contributed by atoms with Crippen molar-refractivity contribution in [3.63, 3.8) is 0 Å². The van der Waals surface area contributed by atoms with Crippen LogP contribution in [0.15, 0.2) is 48.5 Å². The van der Waals surface area contributed by atoms with Gasteiger partial charge in [-0.15, -0.1) is 0 Å². The predicted octanol–water partition coefficient (Wildman–Crippen LogP) is 3.90. The van der Waals surface area contributed by atoms with Crippen molar-refractivity contribution < 1.29 is 9.72 Å². The minimum atomic E-state index is -0.520. The first-order valence-corrected chi connectivity index (χ1v) is 8.75. The van der Waals surface area contributed by atoms with Crippen LogP contribution in [0.2, 0.25) is 0 Å². The second kappa shape index (κ2) is 6.36. The van der Waals surface area contributed by atoms with Crippen LogP contribution in [0.1, 0.15) is 27.9 Å². The third-order valence-corrected chi connectivity index (χ3v) is 5.29. The summed E-state index contributed by atoms with van der Waals surface area (Å²) in [5.41, 5.74) is 3.25. The Kier molecular flexibility index (Phi) is 4.00. The van der Waals surface area contributed by atoms with Gasteiger partial charge in [0.15, 0.2) is 5.78 Å². The number of nitro groups is 1. The van der Waals surface area contributed by atoms with E-state index in [2.05, 4.69) is 12.1 Å². The quantitative estimate of drug-likeness (QED) is 0.471. The van der Waals surface area contributed by atoms with Crippen LogP contribution in [-0.2, 0) is 0 Å². The Hall–Kier alpha value is -3.46. The maximum Gasteiger partial charge on any atom is 0.270 e. The van der Waals surface area contributed by atoms with Crippen LogP contribution in [0.3, 0.4) is 0 Å². The standard InChI is InChI=1S/C21H17N3O3/c1-13-5-7-18-14(9-13)6-8-19-16(12-22)11-20(23(18)19)21(25)15-3-2-4-17(10-15)24(26)27/h2-10,16,19-20H,11H2,1H3. The van der Waals surface area contributed by atoms with Gasteiger partial charge >= 0.3 is 0 Å². The molecule has 0 amide bonds. The van der Waals surface area contributed by atoms with E-state index in [0.717, 1.165) is 16.8 Å². The zero-order valence-electron chi connectivity index (χ0n) is 14.7. The summed E-state index contributed by atoms with van der Waals surface area (Å²) in [6, 6.07) is 13.5. The van der Waals surface area contributed by atoms with Crippen molar-refractivity contribution in [3.05, 3.63) is 75.3 Å². The number of nitro benzene ring substituents is 1. The predicted molar refractivity (Wildman–Crippen MR) is 101 cm³/mol. The molecular weight excluding hydrogens is 342 g/mol. The van der Waals surface area contributed by atoms with Crippen molar-refractivity contribution in [1.82, 2.24) is 0 Å². The Bertz CT molecular complexity index is 1020. The van der Waals surface area contributed by atoms with Gasteiger partial charge in [-0.25, -0.2) is 0 Å². The Balaban J connectivity index is 1.76. The van der Waals surface area contributed by atoms with Crippen molar-refractivity contribution in [2.75, 3.05) is 4.90 Å². The van der Waals surface area contributed by atoms with Crippen LogP contribution < -0.4 is 4.90 Å². The van der Waals surface area contributed by atoms with Crippen molar-refractivity contribution in [3.8, 4) is 6.07 Å². The monoisotopic (exact) mass is 359 g/mol. The molecule has 3 atom stereocenters. The van der Waals surface area contributed by atoms with Gasteiger partial charge in [-0.05, 0) is 31.0 Å². The van der Waals surface area contributed by atoms with E-state index in [4.69, 9.17) is 0 Å². The molecule has 0 spiro atoms. The maximum atomic E-state index is 13.2. The number of fused-ring (bicyclic) bond motifs is 3. The summed E-state index contributed by atoms with van der Waals surface area (Å²) < 4.78 is 0. The summed E-state index contributed by atoms with van der Waals surface area (Å²) in [5.74, 6) is -0.494. The van der Waals surface area contributed by atoms with Crippen LogP contribution >= 0.6 is 0 Å². The minimum absolute atomic E-state index is 0.109. The number of nitriles is 1. The second-order valence-corrected chi connectivity index (χ2v) is 6.98. The van der Waals surface area contributed by atoms with E-state index in [1.165, 1.54) is 18.2 Å². The fourth-order valence-electron chi connectivity index (χ4n) is 4.02. The molecule has 6 nitrogen and oxygen atoms in total. The van der Waals surface area contributed by atoms with Gasteiger partial charge in [0, 0.05) is 23.4 Å². The lowest BCUT2D eigenvalue weighted by molar-refractivity contribution is -0.384. The van der Waals surface area contributed by atoms with Crippen molar-refractivity contribution in [2.24, 2.45) is 5.92 Å². The molecule has 0 aliphatic carbocycles. The molecule has 1 fully saturated rings. The first kappa shape index (κ1) is 17.0. The molecule has 134 valence electrons. The van der Waals surface area contributed by atoms with Crippen molar-refractivity contribution >= 4 is 23.2 Å². The molecule has 0 bridgehead atoms. The summed E-state index contributed by atoms with van der Waals surface area (Å²) in [4.78, 5) is 25.8. The lowest BCUT2D eigenvalue weighted by Gasteiger charge is -2.34. The Morgan fingerprint density at radius 2 is 2.11 bits per heavy atom. The number of carbonyl (C=O) groups excluding carboxylic acids is 1. The molecule has 1 saturated heterocycles. The van der Waals surface area contributed by atoms with Gasteiger partial charge in [-0.1, -0.05) is 35.9 Å². The van der Waals surface area contributed by atoms with Crippen LogP contribution in [0, 0.1) is 34.3 Å². The minimum Gasteiger partial charge on any atom is -0.353 e. The summed E-state index contributed by atoms with van der Waals surface area (Å²) in [7, 11) is 0. The van der Waals surface area contributed by atoms with Crippen LogP contribution in [0.4, 0.5) is 11.4 Å². The fourth-order valence-corrected chi connectivity index (χ4v) is 4.02. The molecule has 3 unspecified atom stereocenters. The molecule has 2 aliphatic heterocycles. The van der Waals surface area contributed by atoms with Gasteiger partial charge in [0.05, 0.1) is 29.0 Å². The third kappa shape index (κ3) is 2.77. The molecule has 27 heavy (non-hydrogen) atoms. The highest BCUT2D eigenvalue weighted by Gasteiger charge is 2.45. The van der Waals surface area contributed by atoms with Gasteiger partial charge < -0.3 is 4.90 Å². The number of hydrogen-bond acceptors (Lipinski definition) is 5. The largest absolute Gasteiger partial charge is 0.353 e. The van der Waals surface area contributed by atoms with Gasteiger partial charge in [0.25, 0.3) is 5.69 Å². The molecule has 0 radical (unpaired) electrons. The summed E-state index contributed by atoms with van der Waals surface area (Å²) in [5, 5.41) is 20.6. The number of anilines is 1. The van der Waals surface area contributed by atoms with E-state index in [1.807, 2.05) is 36.1 Å². The molecular formula is C21H17N3O3. The van der Waals surface area contributed by atoms with Gasteiger partial charge in [0.2, 0.25) is 0 Å². The summed E-state index contributed by atoms with van der Waals surface area (Å²) in [6.45, 7) is 2.01. The maximum absolute atomic E-state index is 13.2. The number of aryl methyl sites for hydroxylation is 1. The number of non-ortho nitro benzene ring substituents is 1. The summed E-state index contributed by atoms with van der Waals surface area (Å²) in [6.07, 6.45) is 4.39. The van der Waals surface area contributed by atoms with E-state index >= 15 is 0 Å². The number of carbonyl (C=O) groups is 1. The molecule has 2 aliphatic rings. The number of Topliss-reactive ketones (excluding diaryl/α,β-unsaturated/α-hetero) is 1. The number of ketones is 1. The number of benzene rings is 2. The van der Waals surface area contributed by atoms with Crippen molar-refractivity contribution in [1.29, 1.82) is 5.26 Å². The third-order valence-electron chi connectivity index (χ3n) is 5.29. The molecule has 6 heteroatoms. The molecule has 4 rings (SSSR count). The topological polar surface area (TPSA) is 87.2 Å². The van der Waals surface area contributed by atoms with E-state index in [0.29, 0.717) is 12.0 Å². The average Bonchev–Trinajstić information content (AvgIpc) is 3.06. The average molecular weight is 359 g/mol. The lowest BCUT2D eigenvalue weighted by Crippen LogP contribution is -2.42. The highest BCUT2D eigenvalue weighted by atomic mass is 16.6. The Labute approximate surface area is 156 Å². The van der Waals surface area contributed by atoms with Gasteiger partial charge in [-0.2, -0.15) is 5.26 Å². The molecule has 2 aromatic carbocycles. The highest BCUT2D eigenvalue weighted by Crippen LogP contribution is 2.42. The van der Waals surface area contributed by atoms with E-state index in [9.17, 15) is 20.2 Å². The highest BCUT2D eigenvalue weighted by molar-refractivity contribution is 6.03. The molecule has 2 heterocycles. The molecule has 2 aromatic rings. The second-order valence-electron chi connectivity index (χ2n) is 6.98. The van der Waals surface area contributed by atoms with Crippen molar-refractivity contribution in [2.45, 2.75) is 25.4 Å². The zero-order chi connectivity index (χ0) is 19.1. The molecule has 0 N–H and O–H groups in total. The molecule has 0 saturated carbocycles. The van der Waals surface area contributed by atoms with E-state index in [-0.39, 0.29) is 23.4 Å². The van der Waals surface area contributed by atoms with E-state index < -0.39 is 11.0 Å². The number of rotatable bonds is 3. The smallest absolute Gasteiger partial charge is 0.270 e. The van der Waals surface area contributed by atoms with Crippen LogP contribution in [-0.4, -0.2) is 22.8 Å². The lowest BCUT2D eigenvalue weighted by atomic mass is 9.96. The Morgan fingerprint density at radius 1 is 1.30 bits per heavy atom. The number of hydrogen-bond donors (Lipinski definition) is 0. The first-order valence-electron chi connectivity index (χ1n) is 8.75.